The zero-order chi connectivity index (χ0) is 11.5. The Morgan fingerprint density at radius 2 is 2.13 bits per heavy atom. The molecular formula is C9H9F3N2S. The largest absolute Gasteiger partial charge is 0.419 e. The third-order valence-corrected chi connectivity index (χ3v) is 1.87. The maximum Gasteiger partial charge on any atom is 0.419 e. The van der Waals surface area contributed by atoms with Gasteiger partial charge in [0.05, 0.1) is 5.56 Å². The summed E-state index contributed by atoms with van der Waals surface area (Å²) in [6.07, 6.45) is -0.0580. The number of nitrogens with two attached hydrogens (primary N) is 1. The molecule has 1 rings (SSSR count). The number of nitrogens with zero attached hydrogens (tertiary/aromatic N) is 1. The van der Waals surface area contributed by atoms with Gasteiger partial charge in [0.2, 0.25) is 0 Å². The number of halogens is 3. The van der Waals surface area contributed by atoms with Gasteiger partial charge in [0.1, 0.15) is 5.82 Å². The highest BCUT2D eigenvalue weighted by Crippen LogP contribution is 2.32. The number of nitrogen functional groups attached to an aromatic ring is 1. The van der Waals surface area contributed by atoms with Crippen LogP contribution in [0.3, 0.4) is 0 Å². The van der Waals surface area contributed by atoms with Crippen molar-refractivity contribution < 1.29 is 13.2 Å². The molecule has 0 aromatic carbocycles. The lowest BCUT2D eigenvalue weighted by Gasteiger charge is -2.09. The summed E-state index contributed by atoms with van der Waals surface area (Å²) in [4.78, 5) is 3.48. The first kappa shape index (κ1) is 11.9. The second-order valence-corrected chi connectivity index (χ2v) is 3.15. The Morgan fingerprint density at radius 1 is 1.47 bits per heavy atom. The van der Waals surface area contributed by atoms with E-state index in [0.29, 0.717) is 11.3 Å². The topological polar surface area (TPSA) is 38.9 Å². The van der Waals surface area contributed by atoms with Crippen LogP contribution in [-0.2, 0) is 6.18 Å². The highest BCUT2D eigenvalue weighted by molar-refractivity contribution is 7.80. The van der Waals surface area contributed by atoms with Gasteiger partial charge in [0.25, 0.3) is 0 Å². The Hall–Kier alpha value is -1.17. The molecule has 2 N–H and O–H groups in total. The van der Waals surface area contributed by atoms with Gasteiger partial charge in [-0.1, -0.05) is 12.2 Å². The Morgan fingerprint density at radius 3 is 2.67 bits per heavy atom. The van der Waals surface area contributed by atoms with E-state index >= 15 is 0 Å². The molecule has 0 unspecified atom stereocenters. The van der Waals surface area contributed by atoms with E-state index in [4.69, 9.17) is 5.73 Å². The molecule has 82 valence electrons. The summed E-state index contributed by atoms with van der Waals surface area (Å²) in [6, 6.07) is 0.961. The summed E-state index contributed by atoms with van der Waals surface area (Å²) >= 11 is 3.90. The molecule has 1 heterocycles. The van der Waals surface area contributed by atoms with E-state index in [1.807, 2.05) is 0 Å². The van der Waals surface area contributed by atoms with Crippen LogP contribution in [0.5, 0.6) is 0 Å². The average molecular weight is 234 g/mol. The van der Waals surface area contributed by atoms with Crippen LogP contribution in [0.15, 0.2) is 18.3 Å². The molecule has 15 heavy (non-hydrogen) atoms. The number of pyridine rings is 1. The van der Waals surface area contributed by atoms with Crippen LogP contribution in [0.4, 0.5) is 19.0 Å². The van der Waals surface area contributed by atoms with Gasteiger partial charge in [-0.15, -0.1) is 0 Å². The number of alkyl halides is 3. The standard InChI is InChI=1S/C9H9F3N2S/c10-9(11,12)7-4-6(2-1-3-15)5-14-8(7)13/h1-2,4-5,15H,3H2,(H2,13,14). The highest BCUT2D eigenvalue weighted by atomic mass is 32.1. The van der Waals surface area contributed by atoms with Crippen LogP contribution < -0.4 is 5.73 Å². The Bertz CT molecular complexity index is 374. The summed E-state index contributed by atoms with van der Waals surface area (Å²) in [5, 5.41) is 0. The van der Waals surface area contributed by atoms with Gasteiger partial charge >= 0.3 is 6.18 Å². The molecule has 1 aromatic heterocycles. The van der Waals surface area contributed by atoms with E-state index in [1.165, 1.54) is 12.3 Å². The fourth-order valence-corrected chi connectivity index (χ4v) is 1.10. The molecule has 0 saturated carbocycles. The second-order valence-electron chi connectivity index (χ2n) is 2.78. The summed E-state index contributed by atoms with van der Waals surface area (Å²) < 4.78 is 37.2. The smallest absolute Gasteiger partial charge is 0.383 e. The van der Waals surface area contributed by atoms with E-state index in [9.17, 15) is 13.2 Å². The molecule has 0 saturated heterocycles. The molecule has 0 aliphatic heterocycles. The third kappa shape index (κ3) is 3.16. The second kappa shape index (κ2) is 4.57. The number of rotatable bonds is 2. The summed E-state index contributed by atoms with van der Waals surface area (Å²) in [6.45, 7) is 0. The molecule has 2 nitrogen and oxygen atoms in total. The molecule has 0 amide bonds. The van der Waals surface area contributed by atoms with Gasteiger partial charge < -0.3 is 5.73 Å². The molecule has 1 aromatic rings. The Balaban J connectivity index is 3.11. The number of hydrogen-bond acceptors (Lipinski definition) is 3. The molecule has 0 aliphatic rings. The number of thiol groups is 1. The molecule has 0 fully saturated rings. The van der Waals surface area contributed by atoms with Crippen molar-refractivity contribution in [2.45, 2.75) is 6.18 Å². The minimum absolute atomic E-state index is 0.352. The van der Waals surface area contributed by atoms with Gasteiger partial charge in [-0.2, -0.15) is 25.8 Å². The van der Waals surface area contributed by atoms with E-state index in [2.05, 4.69) is 17.6 Å². The summed E-state index contributed by atoms with van der Waals surface area (Å²) in [5.74, 6) is -0.0586. The Labute approximate surface area is 90.4 Å². The quantitative estimate of drug-likeness (QED) is 0.772. The van der Waals surface area contributed by atoms with Crippen LogP contribution in [0, 0.1) is 0 Å². The van der Waals surface area contributed by atoms with Crippen LogP contribution in [0.1, 0.15) is 11.1 Å². The van der Waals surface area contributed by atoms with Crippen molar-refractivity contribution in [2.75, 3.05) is 11.5 Å². The SMILES string of the molecule is Nc1ncc(C=CCS)cc1C(F)(F)F. The predicted octanol–water partition coefficient (Wildman–Crippen LogP) is 2.63. The van der Waals surface area contributed by atoms with Crippen LogP contribution in [0.2, 0.25) is 0 Å². The molecule has 0 atom stereocenters. The fraction of sp³-hybridized carbons (Fsp3) is 0.222. The van der Waals surface area contributed by atoms with Gasteiger partial charge in [-0.25, -0.2) is 4.98 Å². The molecule has 0 spiro atoms. The van der Waals surface area contributed by atoms with Gasteiger partial charge in [-0.05, 0) is 11.6 Å². The molecule has 0 bridgehead atoms. The first-order valence-electron chi connectivity index (χ1n) is 4.05. The minimum Gasteiger partial charge on any atom is -0.383 e. The van der Waals surface area contributed by atoms with Crippen molar-refractivity contribution in [1.29, 1.82) is 0 Å². The van der Waals surface area contributed by atoms with Crippen molar-refractivity contribution in [3.63, 3.8) is 0 Å². The van der Waals surface area contributed by atoms with E-state index in [-0.39, 0.29) is 0 Å². The zero-order valence-corrected chi connectivity index (χ0v) is 8.52. The van der Waals surface area contributed by atoms with E-state index < -0.39 is 17.6 Å². The summed E-state index contributed by atoms with van der Waals surface area (Å²) in [5.41, 5.74) is 4.57. The van der Waals surface area contributed by atoms with Gasteiger partial charge in [0.15, 0.2) is 0 Å². The first-order chi connectivity index (χ1) is 6.95. The Kier molecular flexibility index (Phi) is 3.62. The number of hydrogen-bond donors (Lipinski definition) is 2. The monoisotopic (exact) mass is 234 g/mol. The first-order valence-corrected chi connectivity index (χ1v) is 4.68. The highest BCUT2D eigenvalue weighted by Gasteiger charge is 2.33. The number of aromatic nitrogens is 1. The van der Waals surface area contributed by atoms with E-state index in [1.54, 1.807) is 6.08 Å². The van der Waals surface area contributed by atoms with Crippen LogP contribution in [0.25, 0.3) is 6.08 Å². The van der Waals surface area contributed by atoms with Gasteiger partial charge in [0, 0.05) is 11.9 Å². The number of anilines is 1. The summed E-state index contributed by atoms with van der Waals surface area (Å²) in [7, 11) is 0. The zero-order valence-electron chi connectivity index (χ0n) is 7.62. The normalized spacial score (nSPS) is 12.3. The maximum atomic E-state index is 12.4. The van der Waals surface area contributed by atoms with Crippen molar-refractivity contribution in [3.8, 4) is 0 Å². The maximum absolute atomic E-state index is 12.4. The van der Waals surface area contributed by atoms with Crippen molar-refractivity contribution in [1.82, 2.24) is 4.98 Å². The molecule has 0 aliphatic carbocycles. The minimum atomic E-state index is -4.47. The van der Waals surface area contributed by atoms with Crippen molar-refractivity contribution in [2.24, 2.45) is 0 Å². The van der Waals surface area contributed by atoms with Crippen LogP contribution >= 0.6 is 12.6 Å². The molecule has 0 radical (unpaired) electrons. The molecular weight excluding hydrogens is 225 g/mol. The fourth-order valence-electron chi connectivity index (χ4n) is 0.998. The van der Waals surface area contributed by atoms with Crippen molar-refractivity contribution in [3.05, 3.63) is 29.5 Å². The van der Waals surface area contributed by atoms with E-state index in [0.717, 1.165) is 6.07 Å². The lowest BCUT2D eigenvalue weighted by atomic mass is 10.1. The molecule has 6 heteroatoms. The lowest BCUT2D eigenvalue weighted by Crippen LogP contribution is -2.10. The lowest BCUT2D eigenvalue weighted by molar-refractivity contribution is -0.137. The van der Waals surface area contributed by atoms with Crippen LogP contribution in [-0.4, -0.2) is 10.7 Å². The third-order valence-electron chi connectivity index (χ3n) is 1.66. The van der Waals surface area contributed by atoms with Gasteiger partial charge in [-0.3, -0.25) is 0 Å². The van der Waals surface area contributed by atoms with Crippen molar-refractivity contribution >= 4 is 24.5 Å². The predicted molar refractivity (Wildman–Crippen MR) is 56.5 cm³/mol. The average Bonchev–Trinajstić information content (AvgIpc) is 2.15.